The first-order valence-electron chi connectivity index (χ1n) is 4.80. The summed E-state index contributed by atoms with van der Waals surface area (Å²) >= 11 is 0. The lowest BCUT2D eigenvalue weighted by Crippen LogP contribution is -1.99. The van der Waals surface area contributed by atoms with Crippen molar-refractivity contribution >= 4 is 0 Å². The van der Waals surface area contributed by atoms with Crippen LogP contribution < -0.4 is 10.4 Å². The highest BCUT2D eigenvalue weighted by Gasteiger charge is 2.00. The van der Waals surface area contributed by atoms with Crippen LogP contribution in [0, 0.1) is 0 Å². The molecule has 0 aliphatic carbocycles. The van der Waals surface area contributed by atoms with Gasteiger partial charge in [-0.05, 0) is 36.8 Å². The van der Waals surface area contributed by atoms with Crippen LogP contribution >= 0.6 is 0 Å². The fourth-order valence-corrected chi connectivity index (χ4v) is 1.39. The summed E-state index contributed by atoms with van der Waals surface area (Å²) in [7, 11) is 0. The molecule has 0 spiro atoms. The van der Waals surface area contributed by atoms with Gasteiger partial charge in [-0.2, -0.15) is 0 Å². The molecular formula is C11H12N2O2. The summed E-state index contributed by atoms with van der Waals surface area (Å²) in [6.07, 6.45) is 1.65. The molecule has 1 aromatic heterocycles. The van der Waals surface area contributed by atoms with Crippen LogP contribution in [0.15, 0.2) is 35.3 Å². The first kappa shape index (κ1) is 9.58. The third-order valence-electron chi connectivity index (χ3n) is 2.07. The number of hydrogen-bond acceptors (Lipinski definition) is 2. The van der Waals surface area contributed by atoms with Gasteiger partial charge in [0, 0.05) is 6.20 Å². The van der Waals surface area contributed by atoms with E-state index >= 15 is 0 Å². The van der Waals surface area contributed by atoms with E-state index < -0.39 is 0 Å². The van der Waals surface area contributed by atoms with Gasteiger partial charge in [0.05, 0.1) is 12.3 Å². The highest BCUT2D eigenvalue weighted by atomic mass is 16.5. The number of rotatable bonds is 3. The summed E-state index contributed by atoms with van der Waals surface area (Å²) in [6, 6.07) is 7.57. The fraction of sp³-hybridized carbons (Fsp3) is 0.182. The van der Waals surface area contributed by atoms with Crippen molar-refractivity contribution in [2.24, 2.45) is 0 Å². The van der Waals surface area contributed by atoms with Gasteiger partial charge in [0.25, 0.3) is 0 Å². The standard InChI is InChI=1S/C11H12N2O2/c1-2-15-9-5-3-8(4-6-9)10-7-12-11(14)13-10/h3-7H,2H2,1H3,(H2,12,13,14). The minimum absolute atomic E-state index is 0.195. The molecule has 0 bridgehead atoms. The van der Waals surface area contributed by atoms with Gasteiger partial charge >= 0.3 is 5.69 Å². The largest absolute Gasteiger partial charge is 0.494 e. The summed E-state index contributed by atoms with van der Waals surface area (Å²) in [6.45, 7) is 2.60. The number of imidazole rings is 1. The number of aromatic amines is 2. The number of aromatic nitrogens is 2. The van der Waals surface area contributed by atoms with Gasteiger partial charge < -0.3 is 14.7 Å². The third kappa shape index (κ3) is 2.10. The molecule has 0 saturated heterocycles. The van der Waals surface area contributed by atoms with Crippen molar-refractivity contribution < 1.29 is 4.74 Å². The number of benzene rings is 1. The van der Waals surface area contributed by atoms with Crippen molar-refractivity contribution in [3.8, 4) is 17.0 Å². The summed E-state index contributed by atoms with van der Waals surface area (Å²) in [5.41, 5.74) is 1.54. The molecule has 0 fully saturated rings. The molecule has 1 heterocycles. The van der Waals surface area contributed by atoms with E-state index in [9.17, 15) is 4.79 Å². The van der Waals surface area contributed by atoms with Crippen LogP contribution in [0.1, 0.15) is 6.92 Å². The van der Waals surface area contributed by atoms with E-state index in [4.69, 9.17) is 4.74 Å². The molecule has 0 aliphatic heterocycles. The van der Waals surface area contributed by atoms with Crippen molar-refractivity contribution in [1.82, 2.24) is 9.97 Å². The Kier molecular flexibility index (Phi) is 2.58. The van der Waals surface area contributed by atoms with Crippen molar-refractivity contribution in [2.45, 2.75) is 6.92 Å². The van der Waals surface area contributed by atoms with Crippen LogP contribution in [0.3, 0.4) is 0 Å². The topological polar surface area (TPSA) is 57.9 Å². The molecule has 15 heavy (non-hydrogen) atoms. The summed E-state index contributed by atoms with van der Waals surface area (Å²) < 4.78 is 5.32. The average Bonchev–Trinajstić information content (AvgIpc) is 2.67. The molecule has 0 amide bonds. The van der Waals surface area contributed by atoms with E-state index in [1.54, 1.807) is 6.20 Å². The Morgan fingerprint density at radius 1 is 1.27 bits per heavy atom. The second-order valence-corrected chi connectivity index (χ2v) is 3.11. The average molecular weight is 204 g/mol. The Bertz CT molecular complexity index is 482. The smallest absolute Gasteiger partial charge is 0.323 e. The van der Waals surface area contributed by atoms with E-state index in [0.717, 1.165) is 17.0 Å². The Morgan fingerprint density at radius 2 is 2.00 bits per heavy atom. The molecule has 0 atom stereocenters. The quantitative estimate of drug-likeness (QED) is 0.800. The summed E-state index contributed by atoms with van der Waals surface area (Å²) in [5, 5.41) is 0. The molecule has 0 aliphatic rings. The maximum absolute atomic E-state index is 10.9. The molecule has 2 aromatic rings. The molecule has 0 saturated carbocycles. The number of nitrogens with one attached hydrogen (secondary N) is 2. The van der Waals surface area contributed by atoms with Crippen LogP contribution in [0.5, 0.6) is 5.75 Å². The van der Waals surface area contributed by atoms with Gasteiger partial charge in [-0.1, -0.05) is 0 Å². The van der Waals surface area contributed by atoms with Crippen molar-refractivity contribution in [3.63, 3.8) is 0 Å². The van der Waals surface area contributed by atoms with Gasteiger partial charge in [-0.3, -0.25) is 0 Å². The van der Waals surface area contributed by atoms with E-state index in [1.165, 1.54) is 0 Å². The Hall–Kier alpha value is -1.97. The number of hydrogen-bond donors (Lipinski definition) is 2. The fourth-order valence-electron chi connectivity index (χ4n) is 1.39. The maximum Gasteiger partial charge on any atom is 0.323 e. The first-order chi connectivity index (χ1) is 7.29. The van der Waals surface area contributed by atoms with Gasteiger partial charge in [0.1, 0.15) is 5.75 Å². The van der Waals surface area contributed by atoms with Crippen molar-refractivity contribution in [2.75, 3.05) is 6.61 Å². The zero-order valence-corrected chi connectivity index (χ0v) is 8.41. The lowest BCUT2D eigenvalue weighted by molar-refractivity contribution is 0.340. The van der Waals surface area contributed by atoms with E-state index in [1.807, 2.05) is 31.2 Å². The van der Waals surface area contributed by atoms with Gasteiger partial charge in [-0.15, -0.1) is 0 Å². The third-order valence-corrected chi connectivity index (χ3v) is 2.07. The monoisotopic (exact) mass is 204 g/mol. The van der Waals surface area contributed by atoms with Crippen molar-refractivity contribution in [1.29, 1.82) is 0 Å². The molecule has 2 N–H and O–H groups in total. The number of ether oxygens (including phenoxy) is 1. The predicted octanol–water partition coefficient (Wildman–Crippen LogP) is 1.77. The maximum atomic E-state index is 10.9. The number of H-pyrrole nitrogens is 2. The van der Waals surface area contributed by atoms with Crippen LogP contribution in [0.25, 0.3) is 11.3 Å². The highest BCUT2D eigenvalue weighted by molar-refractivity contribution is 5.58. The molecule has 0 radical (unpaired) electrons. The normalized spacial score (nSPS) is 10.2. The first-order valence-corrected chi connectivity index (χ1v) is 4.80. The van der Waals surface area contributed by atoms with E-state index in [0.29, 0.717) is 6.61 Å². The zero-order chi connectivity index (χ0) is 10.7. The second-order valence-electron chi connectivity index (χ2n) is 3.11. The van der Waals surface area contributed by atoms with E-state index in [2.05, 4.69) is 9.97 Å². The van der Waals surface area contributed by atoms with E-state index in [-0.39, 0.29) is 5.69 Å². The molecule has 2 rings (SSSR count). The van der Waals surface area contributed by atoms with Gasteiger partial charge in [-0.25, -0.2) is 4.79 Å². The van der Waals surface area contributed by atoms with Gasteiger partial charge in [0.2, 0.25) is 0 Å². The van der Waals surface area contributed by atoms with Crippen molar-refractivity contribution in [3.05, 3.63) is 40.9 Å². The molecule has 78 valence electrons. The lowest BCUT2D eigenvalue weighted by Gasteiger charge is -2.03. The Morgan fingerprint density at radius 3 is 2.53 bits per heavy atom. The second kappa shape index (κ2) is 4.04. The molecule has 4 heteroatoms. The molecular weight excluding hydrogens is 192 g/mol. The van der Waals surface area contributed by atoms with Gasteiger partial charge in [0.15, 0.2) is 0 Å². The zero-order valence-electron chi connectivity index (χ0n) is 8.41. The van der Waals surface area contributed by atoms with Crippen LogP contribution in [0.2, 0.25) is 0 Å². The SMILES string of the molecule is CCOc1ccc(-c2c[nH]c(=O)[nH]2)cc1. The molecule has 4 nitrogen and oxygen atoms in total. The summed E-state index contributed by atoms with van der Waals surface area (Å²) in [5.74, 6) is 0.833. The summed E-state index contributed by atoms with van der Waals surface area (Å²) in [4.78, 5) is 16.2. The predicted molar refractivity (Wildman–Crippen MR) is 58.0 cm³/mol. The molecule has 1 aromatic carbocycles. The van der Waals surface area contributed by atoms with Crippen LogP contribution in [0.4, 0.5) is 0 Å². The lowest BCUT2D eigenvalue weighted by atomic mass is 10.2. The Balaban J connectivity index is 2.27. The minimum atomic E-state index is -0.195. The van der Waals surface area contributed by atoms with Crippen LogP contribution in [-0.4, -0.2) is 16.6 Å². The Labute approximate surface area is 86.9 Å². The highest BCUT2D eigenvalue weighted by Crippen LogP contribution is 2.19. The minimum Gasteiger partial charge on any atom is -0.494 e. The van der Waals surface area contributed by atoms with Crippen LogP contribution in [-0.2, 0) is 0 Å². The molecule has 0 unspecified atom stereocenters.